The summed E-state index contributed by atoms with van der Waals surface area (Å²) >= 11 is 0. The standard InChI is InChI=1S/C15H8F3NO2/c16-15(17,18)13-6-11(5-12(7-13)14(20)21)10-3-1-2-9(4-10)8-19/h1-7H,(H,20,21). The molecule has 0 aromatic heterocycles. The van der Waals surface area contributed by atoms with E-state index in [0.29, 0.717) is 11.6 Å². The lowest BCUT2D eigenvalue weighted by molar-refractivity contribution is -0.137. The Bertz CT molecular complexity index is 745. The molecule has 21 heavy (non-hydrogen) atoms. The monoisotopic (exact) mass is 291 g/mol. The van der Waals surface area contributed by atoms with Crippen molar-refractivity contribution in [3.05, 3.63) is 59.2 Å². The molecule has 106 valence electrons. The maximum absolute atomic E-state index is 12.8. The van der Waals surface area contributed by atoms with Gasteiger partial charge in [0.25, 0.3) is 0 Å². The van der Waals surface area contributed by atoms with Crippen molar-refractivity contribution in [2.24, 2.45) is 0 Å². The predicted octanol–water partition coefficient (Wildman–Crippen LogP) is 3.94. The summed E-state index contributed by atoms with van der Waals surface area (Å²) in [5.74, 6) is -1.45. The molecule has 0 aliphatic heterocycles. The molecule has 2 aromatic rings. The van der Waals surface area contributed by atoms with Crippen molar-refractivity contribution in [1.82, 2.24) is 0 Å². The van der Waals surface area contributed by atoms with E-state index in [0.717, 1.165) is 12.1 Å². The first kappa shape index (κ1) is 14.6. The number of carbonyl (C=O) groups is 1. The zero-order valence-corrected chi connectivity index (χ0v) is 10.5. The van der Waals surface area contributed by atoms with Gasteiger partial charge in [-0.15, -0.1) is 0 Å². The number of halogens is 3. The Labute approximate surface area is 117 Å². The molecule has 2 aromatic carbocycles. The molecule has 0 amide bonds. The van der Waals surface area contributed by atoms with Crippen LogP contribution in [0.25, 0.3) is 11.1 Å². The summed E-state index contributed by atoms with van der Waals surface area (Å²) < 4.78 is 38.5. The Kier molecular flexibility index (Phi) is 3.68. The first-order valence-electron chi connectivity index (χ1n) is 5.77. The molecule has 0 radical (unpaired) electrons. The number of aromatic carboxylic acids is 1. The van der Waals surface area contributed by atoms with Gasteiger partial charge in [-0.2, -0.15) is 18.4 Å². The minimum atomic E-state index is -4.65. The Morgan fingerprint density at radius 2 is 1.81 bits per heavy atom. The Morgan fingerprint density at radius 3 is 2.38 bits per heavy atom. The molecular weight excluding hydrogens is 283 g/mol. The molecule has 1 N–H and O–H groups in total. The Hall–Kier alpha value is -2.81. The van der Waals surface area contributed by atoms with Gasteiger partial charge in [-0.25, -0.2) is 4.79 Å². The molecule has 0 spiro atoms. The molecule has 3 nitrogen and oxygen atoms in total. The van der Waals surface area contributed by atoms with E-state index < -0.39 is 23.3 Å². The van der Waals surface area contributed by atoms with Gasteiger partial charge in [0, 0.05) is 0 Å². The van der Waals surface area contributed by atoms with Crippen LogP contribution in [0.15, 0.2) is 42.5 Å². The highest BCUT2D eigenvalue weighted by molar-refractivity contribution is 5.90. The van der Waals surface area contributed by atoms with Gasteiger partial charge in [-0.3, -0.25) is 0 Å². The van der Waals surface area contributed by atoms with Crippen molar-refractivity contribution in [3.8, 4) is 17.2 Å². The van der Waals surface area contributed by atoms with Crippen molar-refractivity contribution in [3.63, 3.8) is 0 Å². The highest BCUT2D eigenvalue weighted by Gasteiger charge is 2.31. The summed E-state index contributed by atoms with van der Waals surface area (Å²) in [5.41, 5.74) is -0.772. The Morgan fingerprint density at radius 1 is 1.10 bits per heavy atom. The fraction of sp³-hybridized carbons (Fsp3) is 0.0667. The molecule has 0 atom stereocenters. The molecule has 0 saturated heterocycles. The van der Waals surface area contributed by atoms with E-state index in [1.165, 1.54) is 24.3 Å². The fourth-order valence-corrected chi connectivity index (χ4v) is 1.85. The van der Waals surface area contributed by atoms with Gasteiger partial charge in [-0.05, 0) is 41.5 Å². The van der Waals surface area contributed by atoms with Crippen molar-refractivity contribution in [2.75, 3.05) is 0 Å². The van der Waals surface area contributed by atoms with Gasteiger partial charge in [0.1, 0.15) is 0 Å². The lowest BCUT2D eigenvalue weighted by Gasteiger charge is -2.11. The van der Waals surface area contributed by atoms with E-state index in [1.54, 1.807) is 0 Å². The molecule has 0 saturated carbocycles. The summed E-state index contributed by atoms with van der Waals surface area (Å²) in [6.45, 7) is 0. The Balaban J connectivity index is 2.65. The topological polar surface area (TPSA) is 61.1 Å². The van der Waals surface area contributed by atoms with Crippen LogP contribution < -0.4 is 0 Å². The lowest BCUT2D eigenvalue weighted by Crippen LogP contribution is -2.08. The number of nitrogens with zero attached hydrogens (tertiary/aromatic N) is 1. The molecule has 0 aliphatic rings. The van der Waals surface area contributed by atoms with Crippen LogP contribution in [0.2, 0.25) is 0 Å². The van der Waals surface area contributed by atoms with Crippen LogP contribution in [-0.4, -0.2) is 11.1 Å². The van der Waals surface area contributed by atoms with E-state index in [9.17, 15) is 18.0 Å². The SMILES string of the molecule is N#Cc1cccc(-c2cc(C(=O)O)cc(C(F)(F)F)c2)c1. The second kappa shape index (κ2) is 5.29. The van der Waals surface area contributed by atoms with Crippen LogP contribution in [0.5, 0.6) is 0 Å². The van der Waals surface area contributed by atoms with E-state index in [-0.39, 0.29) is 11.1 Å². The zero-order chi connectivity index (χ0) is 15.6. The van der Waals surface area contributed by atoms with Crippen molar-refractivity contribution >= 4 is 5.97 Å². The predicted molar refractivity (Wildman–Crippen MR) is 68.6 cm³/mol. The summed E-state index contributed by atoms with van der Waals surface area (Å²) in [4.78, 5) is 11.0. The highest BCUT2D eigenvalue weighted by atomic mass is 19.4. The van der Waals surface area contributed by atoms with Gasteiger partial charge in [0.05, 0.1) is 22.8 Å². The highest BCUT2D eigenvalue weighted by Crippen LogP contribution is 2.33. The molecule has 0 unspecified atom stereocenters. The second-order valence-corrected chi connectivity index (χ2v) is 4.29. The summed E-state index contributed by atoms with van der Waals surface area (Å²) in [7, 11) is 0. The molecule has 2 rings (SSSR count). The van der Waals surface area contributed by atoms with Crippen LogP contribution >= 0.6 is 0 Å². The van der Waals surface area contributed by atoms with Gasteiger partial charge in [0.15, 0.2) is 0 Å². The molecule has 0 bridgehead atoms. The fourth-order valence-electron chi connectivity index (χ4n) is 1.85. The van der Waals surface area contributed by atoms with E-state index in [1.807, 2.05) is 6.07 Å². The zero-order valence-electron chi connectivity index (χ0n) is 10.5. The average Bonchev–Trinajstić information content (AvgIpc) is 2.46. The number of rotatable bonds is 2. The maximum Gasteiger partial charge on any atom is 0.416 e. The average molecular weight is 291 g/mol. The van der Waals surface area contributed by atoms with E-state index >= 15 is 0 Å². The van der Waals surface area contributed by atoms with Crippen LogP contribution in [-0.2, 0) is 6.18 Å². The first-order valence-corrected chi connectivity index (χ1v) is 5.77. The quantitative estimate of drug-likeness (QED) is 0.911. The number of benzene rings is 2. The van der Waals surface area contributed by atoms with Gasteiger partial charge >= 0.3 is 12.1 Å². The van der Waals surface area contributed by atoms with E-state index in [4.69, 9.17) is 10.4 Å². The van der Waals surface area contributed by atoms with E-state index in [2.05, 4.69) is 0 Å². The third-order valence-corrected chi connectivity index (χ3v) is 2.83. The normalized spacial score (nSPS) is 11.0. The second-order valence-electron chi connectivity index (χ2n) is 4.29. The summed E-state index contributed by atoms with van der Waals surface area (Å²) in [6.07, 6.45) is -4.65. The molecule has 0 fully saturated rings. The van der Waals surface area contributed by atoms with Gasteiger partial charge in [0.2, 0.25) is 0 Å². The number of hydrogen-bond donors (Lipinski definition) is 1. The number of carboxylic acids is 1. The third-order valence-electron chi connectivity index (χ3n) is 2.83. The number of nitriles is 1. The molecular formula is C15H8F3NO2. The van der Waals surface area contributed by atoms with Crippen molar-refractivity contribution < 1.29 is 23.1 Å². The van der Waals surface area contributed by atoms with Gasteiger partial charge < -0.3 is 5.11 Å². The third kappa shape index (κ3) is 3.20. The van der Waals surface area contributed by atoms with Gasteiger partial charge in [-0.1, -0.05) is 12.1 Å². The maximum atomic E-state index is 12.8. The summed E-state index contributed by atoms with van der Waals surface area (Å²) in [5, 5.41) is 17.7. The van der Waals surface area contributed by atoms with Crippen LogP contribution in [0.3, 0.4) is 0 Å². The molecule has 0 heterocycles. The minimum absolute atomic E-state index is 0.0966. The largest absolute Gasteiger partial charge is 0.478 e. The van der Waals surface area contributed by atoms with Crippen LogP contribution in [0.1, 0.15) is 21.5 Å². The number of hydrogen-bond acceptors (Lipinski definition) is 2. The van der Waals surface area contributed by atoms with Crippen LogP contribution in [0, 0.1) is 11.3 Å². The number of alkyl halides is 3. The lowest BCUT2D eigenvalue weighted by atomic mass is 9.98. The smallest absolute Gasteiger partial charge is 0.416 e. The first-order chi connectivity index (χ1) is 9.81. The van der Waals surface area contributed by atoms with Crippen molar-refractivity contribution in [2.45, 2.75) is 6.18 Å². The van der Waals surface area contributed by atoms with Crippen LogP contribution in [0.4, 0.5) is 13.2 Å². The van der Waals surface area contributed by atoms with Crippen molar-refractivity contribution in [1.29, 1.82) is 5.26 Å². The number of carboxylic acid groups (broad SMARTS) is 1. The molecule has 0 aliphatic carbocycles. The molecule has 6 heteroatoms. The summed E-state index contributed by atoms with van der Waals surface area (Å²) in [6, 6.07) is 10.4. The minimum Gasteiger partial charge on any atom is -0.478 e.